The van der Waals surface area contributed by atoms with Gasteiger partial charge in [0.2, 0.25) is 0 Å². The summed E-state index contributed by atoms with van der Waals surface area (Å²) in [6, 6.07) is -0.662. The maximum Gasteiger partial charge on any atom is 0.407 e. The zero-order valence-corrected chi connectivity index (χ0v) is 10.7. The van der Waals surface area contributed by atoms with Gasteiger partial charge in [0.05, 0.1) is 13.7 Å². The lowest BCUT2D eigenvalue weighted by atomic mass is 9.84. The highest BCUT2D eigenvalue weighted by Gasteiger charge is 2.38. The number of ether oxygens (including phenoxy) is 1. The number of amides is 1. The number of rotatable bonds is 1. The van der Waals surface area contributed by atoms with E-state index in [0.717, 1.165) is 0 Å². The van der Waals surface area contributed by atoms with Crippen LogP contribution in [0.4, 0.5) is 4.79 Å². The SMILES string of the molecule is COC(=O)C1CN(C(=O)O)CC(C(C)(C)C)N1. The molecule has 6 heteroatoms. The molecule has 1 rings (SSSR count). The minimum Gasteiger partial charge on any atom is -0.468 e. The highest BCUT2D eigenvalue weighted by molar-refractivity contribution is 5.77. The Hall–Kier alpha value is -1.30. The highest BCUT2D eigenvalue weighted by Crippen LogP contribution is 2.23. The molecule has 1 aliphatic heterocycles. The number of hydrogen-bond acceptors (Lipinski definition) is 4. The summed E-state index contributed by atoms with van der Waals surface area (Å²) >= 11 is 0. The van der Waals surface area contributed by atoms with Crippen molar-refractivity contribution in [1.82, 2.24) is 10.2 Å². The average molecular weight is 244 g/mol. The van der Waals surface area contributed by atoms with Gasteiger partial charge in [0.1, 0.15) is 6.04 Å². The molecule has 0 bridgehead atoms. The number of carboxylic acid groups (broad SMARTS) is 1. The molecule has 1 saturated heterocycles. The molecule has 2 N–H and O–H groups in total. The molecule has 6 nitrogen and oxygen atoms in total. The first-order valence-electron chi connectivity index (χ1n) is 5.57. The molecule has 0 spiro atoms. The lowest BCUT2D eigenvalue weighted by molar-refractivity contribution is -0.145. The van der Waals surface area contributed by atoms with Crippen molar-refractivity contribution in [2.24, 2.45) is 5.41 Å². The van der Waals surface area contributed by atoms with Gasteiger partial charge in [-0.2, -0.15) is 0 Å². The maximum absolute atomic E-state index is 11.5. The summed E-state index contributed by atoms with van der Waals surface area (Å²) in [5.74, 6) is -0.426. The van der Waals surface area contributed by atoms with E-state index in [2.05, 4.69) is 10.1 Å². The van der Waals surface area contributed by atoms with Gasteiger partial charge in [-0.05, 0) is 5.41 Å². The molecule has 0 aromatic carbocycles. The van der Waals surface area contributed by atoms with Gasteiger partial charge in [0, 0.05) is 12.6 Å². The topological polar surface area (TPSA) is 78.9 Å². The molecular weight excluding hydrogens is 224 g/mol. The first-order chi connectivity index (χ1) is 7.75. The molecule has 1 heterocycles. The molecule has 0 saturated carbocycles. The zero-order chi connectivity index (χ0) is 13.2. The predicted octanol–water partition coefficient (Wildman–Crippen LogP) is 0.526. The average Bonchev–Trinajstić information content (AvgIpc) is 2.26. The fourth-order valence-corrected chi connectivity index (χ4v) is 1.83. The van der Waals surface area contributed by atoms with E-state index in [9.17, 15) is 9.59 Å². The number of nitrogens with zero attached hydrogens (tertiary/aromatic N) is 1. The van der Waals surface area contributed by atoms with Crippen LogP contribution in [0, 0.1) is 5.41 Å². The van der Waals surface area contributed by atoms with Crippen molar-refractivity contribution >= 4 is 12.1 Å². The van der Waals surface area contributed by atoms with E-state index in [-0.39, 0.29) is 18.0 Å². The minimum absolute atomic E-state index is 0.0727. The van der Waals surface area contributed by atoms with Crippen LogP contribution in [0.25, 0.3) is 0 Å². The van der Waals surface area contributed by atoms with E-state index in [1.165, 1.54) is 12.0 Å². The van der Waals surface area contributed by atoms with Gasteiger partial charge in [0.15, 0.2) is 0 Å². The summed E-state index contributed by atoms with van der Waals surface area (Å²) in [4.78, 5) is 23.8. The number of nitrogens with one attached hydrogen (secondary N) is 1. The Labute approximate surface area is 101 Å². The molecule has 2 atom stereocenters. The fourth-order valence-electron chi connectivity index (χ4n) is 1.83. The molecular formula is C11H20N2O4. The van der Waals surface area contributed by atoms with Gasteiger partial charge in [-0.15, -0.1) is 0 Å². The molecule has 0 radical (unpaired) electrons. The first kappa shape index (κ1) is 13.8. The second-order valence-electron chi connectivity index (χ2n) is 5.35. The Balaban J connectivity index is 2.83. The number of methoxy groups -OCH3 is 1. The smallest absolute Gasteiger partial charge is 0.407 e. The quantitative estimate of drug-likeness (QED) is 0.658. The van der Waals surface area contributed by atoms with Crippen LogP contribution >= 0.6 is 0 Å². The van der Waals surface area contributed by atoms with Crippen molar-refractivity contribution in [3.05, 3.63) is 0 Å². The van der Waals surface area contributed by atoms with Crippen molar-refractivity contribution in [2.45, 2.75) is 32.9 Å². The normalized spacial score (nSPS) is 25.5. The van der Waals surface area contributed by atoms with Gasteiger partial charge in [0.25, 0.3) is 0 Å². The van der Waals surface area contributed by atoms with Gasteiger partial charge in [-0.1, -0.05) is 20.8 Å². The molecule has 1 aliphatic rings. The van der Waals surface area contributed by atoms with E-state index < -0.39 is 18.1 Å². The second kappa shape index (κ2) is 4.91. The molecule has 98 valence electrons. The third-order valence-corrected chi connectivity index (χ3v) is 3.01. The van der Waals surface area contributed by atoms with Crippen LogP contribution in [0.3, 0.4) is 0 Å². The van der Waals surface area contributed by atoms with Crippen molar-refractivity contribution in [3.8, 4) is 0 Å². The van der Waals surface area contributed by atoms with Gasteiger partial charge < -0.3 is 14.7 Å². The van der Waals surface area contributed by atoms with Gasteiger partial charge in [-0.3, -0.25) is 10.1 Å². The summed E-state index contributed by atoms with van der Waals surface area (Å²) in [7, 11) is 1.30. The standard InChI is InChI=1S/C11H20N2O4/c1-11(2,3)8-6-13(10(15)16)5-7(12-8)9(14)17-4/h7-8,12H,5-6H2,1-4H3,(H,15,16). The van der Waals surface area contributed by atoms with Crippen molar-refractivity contribution in [3.63, 3.8) is 0 Å². The lowest BCUT2D eigenvalue weighted by Gasteiger charge is -2.42. The number of carbonyl (C=O) groups excluding carboxylic acids is 1. The van der Waals surface area contributed by atoms with E-state index in [1.807, 2.05) is 20.8 Å². The van der Waals surface area contributed by atoms with Crippen molar-refractivity contribution in [1.29, 1.82) is 0 Å². The summed E-state index contributed by atoms with van der Waals surface area (Å²) in [5, 5.41) is 12.2. The van der Waals surface area contributed by atoms with Gasteiger partial charge >= 0.3 is 12.1 Å². The van der Waals surface area contributed by atoms with Gasteiger partial charge in [-0.25, -0.2) is 4.79 Å². The first-order valence-corrected chi connectivity index (χ1v) is 5.57. The Morgan fingerprint density at radius 1 is 1.35 bits per heavy atom. The number of hydrogen-bond donors (Lipinski definition) is 2. The van der Waals surface area contributed by atoms with Crippen LogP contribution in [0.15, 0.2) is 0 Å². The van der Waals surface area contributed by atoms with Crippen molar-refractivity contribution < 1.29 is 19.4 Å². The zero-order valence-electron chi connectivity index (χ0n) is 10.7. The molecule has 1 fully saturated rings. The monoisotopic (exact) mass is 244 g/mol. The van der Waals surface area contributed by atoms with E-state index >= 15 is 0 Å². The predicted molar refractivity (Wildman–Crippen MR) is 61.8 cm³/mol. The Morgan fingerprint density at radius 2 is 1.94 bits per heavy atom. The Morgan fingerprint density at radius 3 is 2.35 bits per heavy atom. The molecule has 0 aromatic rings. The molecule has 0 aromatic heterocycles. The minimum atomic E-state index is -1.00. The largest absolute Gasteiger partial charge is 0.468 e. The van der Waals surface area contributed by atoms with Crippen molar-refractivity contribution in [2.75, 3.05) is 20.2 Å². The Kier molecular flexibility index (Phi) is 3.98. The van der Waals surface area contributed by atoms with Crippen LogP contribution in [0.5, 0.6) is 0 Å². The van der Waals surface area contributed by atoms with E-state index in [0.29, 0.717) is 6.54 Å². The maximum atomic E-state index is 11.5. The lowest BCUT2D eigenvalue weighted by Crippen LogP contribution is -2.63. The van der Waals surface area contributed by atoms with Crippen LogP contribution in [0.1, 0.15) is 20.8 Å². The van der Waals surface area contributed by atoms with Crippen LogP contribution in [-0.4, -0.2) is 54.4 Å². The molecule has 17 heavy (non-hydrogen) atoms. The number of esters is 1. The highest BCUT2D eigenvalue weighted by atomic mass is 16.5. The molecule has 2 unspecified atom stereocenters. The molecule has 1 amide bonds. The van der Waals surface area contributed by atoms with E-state index in [4.69, 9.17) is 5.11 Å². The van der Waals surface area contributed by atoms with Crippen LogP contribution in [0.2, 0.25) is 0 Å². The second-order valence-corrected chi connectivity index (χ2v) is 5.35. The molecule has 0 aliphatic carbocycles. The number of carbonyl (C=O) groups is 2. The third-order valence-electron chi connectivity index (χ3n) is 3.01. The summed E-state index contributed by atoms with van der Waals surface area (Å²) in [5.41, 5.74) is -0.125. The summed E-state index contributed by atoms with van der Waals surface area (Å²) in [6.45, 7) is 6.53. The van der Waals surface area contributed by atoms with Crippen LogP contribution in [-0.2, 0) is 9.53 Å². The fraction of sp³-hybridized carbons (Fsp3) is 0.818. The number of piperazine rings is 1. The Bertz CT molecular complexity index is 311. The summed E-state index contributed by atoms with van der Waals surface area (Å²) in [6.07, 6.45) is -1.00. The van der Waals surface area contributed by atoms with Crippen LogP contribution < -0.4 is 5.32 Å². The summed E-state index contributed by atoms with van der Waals surface area (Å²) < 4.78 is 4.66. The van der Waals surface area contributed by atoms with E-state index in [1.54, 1.807) is 0 Å². The third kappa shape index (κ3) is 3.33.